The fourth-order valence-electron chi connectivity index (χ4n) is 4.43. The van der Waals surface area contributed by atoms with Crippen molar-refractivity contribution in [1.82, 2.24) is 14.9 Å². The molecule has 2 amide bonds. The predicted octanol–water partition coefficient (Wildman–Crippen LogP) is 4.36. The maximum absolute atomic E-state index is 12.9. The summed E-state index contributed by atoms with van der Waals surface area (Å²) in [5, 5.41) is 2.89. The van der Waals surface area contributed by atoms with Crippen molar-refractivity contribution in [1.29, 1.82) is 0 Å². The summed E-state index contributed by atoms with van der Waals surface area (Å²) in [7, 11) is 3.13. The highest BCUT2D eigenvalue weighted by molar-refractivity contribution is 5.97. The summed E-state index contributed by atoms with van der Waals surface area (Å²) in [6.07, 6.45) is 5.29. The van der Waals surface area contributed by atoms with Crippen molar-refractivity contribution in [3.8, 4) is 11.5 Å². The number of nitrogens with zero attached hydrogens (tertiary/aromatic N) is 2. The Morgan fingerprint density at radius 2 is 1.81 bits per heavy atom. The molecule has 1 aliphatic rings. The van der Waals surface area contributed by atoms with Gasteiger partial charge in [-0.25, -0.2) is 4.98 Å². The summed E-state index contributed by atoms with van der Waals surface area (Å²) in [5.74, 6) is 1.58. The molecule has 2 N–H and O–H groups in total. The number of amides is 2. The van der Waals surface area contributed by atoms with Gasteiger partial charge in [0.1, 0.15) is 12.4 Å². The minimum Gasteiger partial charge on any atom is -0.493 e. The fourth-order valence-corrected chi connectivity index (χ4v) is 4.43. The van der Waals surface area contributed by atoms with Crippen LogP contribution in [0.1, 0.15) is 22.5 Å². The standard InChI is InChI=1S/C29H28N4O4/c1-36-25-14-20-12-13-33(29(35)16-21(20)15-26(25)37-2)18-28(34)30-22-9-10-23-24(17-22)32-27(31-23)11-8-19-6-4-3-5-7-19/h3-7,9-10,12-15,17H,8,11,16,18H2,1-2H3,(H,30,34)(H,31,32). The number of aromatic nitrogens is 2. The normalized spacial score (nSPS) is 12.8. The third kappa shape index (κ3) is 5.48. The van der Waals surface area contributed by atoms with Gasteiger partial charge in [-0.2, -0.15) is 0 Å². The molecule has 2 heterocycles. The minimum atomic E-state index is -0.290. The van der Waals surface area contributed by atoms with E-state index in [1.807, 2.05) is 48.5 Å². The van der Waals surface area contributed by atoms with E-state index < -0.39 is 0 Å². The van der Waals surface area contributed by atoms with Crippen molar-refractivity contribution >= 4 is 34.6 Å². The Labute approximate surface area is 214 Å². The molecular weight excluding hydrogens is 468 g/mol. The first-order valence-corrected chi connectivity index (χ1v) is 12.1. The summed E-state index contributed by atoms with van der Waals surface area (Å²) in [6, 6.07) is 19.5. The number of ether oxygens (including phenoxy) is 2. The Hall–Kier alpha value is -4.59. The zero-order chi connectivity index (χ0) is 25.8. The number of imidazole rings is 1. The van der Waals surface area contributed by atoms with Crippen LogP contribution in [-0.4, -0.2) is 47.4 Å². The minimum absolute atomic E-state index is 0.0963. The monoisotopic (exact) mass is 496 g/mol. The second-order valence-corrected chi connectivity index (χ2v) is 8.87. The SMILES string of the molecule is COc1cc2c(cc1OC)CC(=O)N(CC(=O)Nc1ccc3nc(CCc4ccccc4)[nH]c3c1)C=C2. The number of hydrogen-bond acceptors (Lipinski definition) is 5. The highest BCUT2D eigenvalue weighted by Gasteiger charge is 2.21. The number of anilines is 1. The number of nitrogens with one attached hydrogen (secondary N) is 2. The first kappa shape index (κ1) is 24.1. The molecular formula is C29H28N4O4. The van der Waals surface area contributed by atoms with Gasteiger partial charge in [0.2, 0.25) is 11.8 Å². The molecule has 3 aromatic carbocycles. The molecule has 0 radical (unpaired) electrons. The van der Waals surface area contributed by atoms with Crippen LogP contribution in [-0.2, 0) is 28.9 Å². The molecule has 37 heavy (non-hydrogen) atoms. The lowest BCUT2D eigenvalue weighted by atomic mass is 10.0. The number of aryl methyl sites for hydroxylation is 2. The third-order valence-corrected chi connectivity index (χ3v) is 6.36. The van der Waals surface area contributed by atoms with Gasteiger partial charge >= 0.3 is 0 Å². The molecule has 5 rings (SSSR count). The third-order valence-electron chi connectivity index (χ3n) is 6.36. The molecule has 0 fully saturated rings. The number of H-pyrrole nitrogens is 1. The van der Waals surface area contributed by atoms with Crippen molar-refractivity contribution in [2.24, 2.45) is 0 Å². The van der Waals surface area contributed by atoms with Crippen molar-refractivity contribution in [2.45, 2.75) is 19.3 Å². The molecule has 8 heteroatoms. The van der Waals surface area contributed by atoms with Crippen LogP contribution in [0.5, 0.6) is 11.5 Å². The molecule has 0 unspecified atom stereocenters. The zero-order valence-electron chi connectivity index (χ0n) is 20.8. The van der Waals surface area contributed by atoms with E-state index in [4.69, 9.17) is 9.47 Å². The topological polar surface area (TPSA) is 96.6 Å². The molecule has 0 saturated carbocycles. The van der Waals surface area contributed by atoms with E-state index in [1.54, 1.807) is 26.5 Å². The predicted molar refractivity (Wildman–Crippen MR) is 143 cm³/mol. The van der Waals surface area contributed by atoms with Crippen LogP contribution < -0.4 is 14.8 Å². The molecule has 8 nitrogen and oxygen atoms in total. The highest BCUT2D eigenvalue weighted by atomic mass is 16.5. The quantitative estimate of drug-likeness (QED) is 0.378. The van der Waals surface area contributed by atoms with Crippen LogP contribution in [0.15, 0.2) is 66.9 Å². The van der Waals surface area contributed by atoms with Crippen LogP contribution in [0.4, 0.5) is 5.69 Å². The maximum atomic E-state index is 12.9. The molecule has 0 spiro atoms. The molecule has 0 aliphatic carbocycles. The second kappa shape index (κ2) is 10.6. The van der Waals surface area contributed by atoms with Crippen LogP contribution in [0.2, 0.25) is 0 Å². The van der Waals surface area contributed by atoms with Crippen LogP contribution >= 0.6 is 0 Å². The van der Waals surface area contributed by atoms with Crippen LogP contribution in [0.25, 0.3) is 17.1 Å². The van der Waals surface area contributed by atoms with Crippen molar-refractivity contribution in [3.05, 3.63) is 89.4 Å². The maximum Gasteiger partial charge on any atom is 0.244 e. The summed E-state index contributed by atoms with van der Waals surface area (Å²) >= 11 is 0. The smallest absolute Gasteiger partial charge is 0.244 e. The summed E-state index contributed by atoms with van der Waals surface area (Å²) in [4.78, 5) is 35.1. The lowest BCUT2D eigenvalue weighted by molar-refractivity contribution is -0.131. The first-order chi connectivity index (χ1) is 18.0. The highest BCUT2D eigenvalue weighted by Crippen LogP contribution is 2.32. The van der Waals surface area contributed by atoms with E-state index in [0.29, 0.717) is 17.2 Å². The van der Waals surface area contributed by atoms with E-state index in [1.165, 1.54) is 10.5 Å². The van der Waals surface area contributed by atoms with Gasteiger partial charge < -0.3 is 24.7 Å². The average molecular weight is 497 g/mol. The number of carbonyl (C=O) groups is 2. The number of hydrogen-bond donors (Lipinski definition) is 2. The van der Waals surface area contributed by atoms with Crippen molar-refractivity contribution in [2.75, 3.05) is 26.1 Å². The Morgan fingerprint density at radius 1 is 1.03 bits per heavy atom. The van der Waals surface area contributed by atoms with Gasteiger partial charge in [-0.3, -0.25) is 9.59 Å². The Morgan fingerprint density at radius 3 is 2.59 bits per heavy atom. The van der Waals surface area contributed by atoms with Gasteiger partial charge in [-0.1, -0.05) is 30.3 Å². The van der Waals surface area contributed by atoms with E-state index in [2.05, 4.69) is 27.4 Å². The van der Waals surface area contributed by atoms with E-state index >= 15 is 0 Å². The number of rotatable bonds is 8. The van der Waals surface area contributed by atoms with Gasteiger partial charge in [0, 0.05) is 18.3 Å². The van der Waals surface area contributed by atoms with E-state index in [-0.39, 0.29) is 24.8 Å². The van der Waals surface area contributed by atoms with E-state index in [9.17, 15) is 9.59 Å². The largest absolute Gasteiger partial charge is 0.493 e. The lowest BCUT2D eigenvalue weighted by Crippen LogP contribution is -2.34. The molecule has 0 atom stereocenters. The number of methoxy groups -OCH3 is 2. The number of carbonyl (C=O) groups excluding carboxylic acids is 2. The summed E-state index contributed by atoms with van der Waals surface area (Å²) in [6.45, 7) is -0.0963. The molecule has 4 aromatic rings. The van der Waals surface area contributed by atoms with Gasteiger partial charge in [-0.05, 0) is 59.5 Å². The van der Waals surface area contributed by atoms with Gasteiger partial charge in [0.25, 0.3) is 0 Å². The molecule has 1 aliphatic heterocycles. The van der Waals surface area contributed by atoms with Gasteiger partial charge in [-0.15, -0.1) is 0 Å². The summed E-state index contributed by atoms with van der Waals surface area (Å²) < 4.78 is 10.7. The number of aromatic amines is 1. The lowest BCUT2D eigenvalue weighted by Gasteiger charge is -2.17. The van der Waals surface area contributed by atoms with Crippen LogP contribution in [0, 0.1) is 0 Å². The fraction of sp³-hybridized carbons (Fsp3) is 0.207. The Balaban J connectivity index is 1.23. The molecule has 1 aromatic heterocycles. The zero-order valence-corrected chi connectivity index (χ0v) is 20.8. The van der Waals surface area contributed by atoms with Gasteiger partial charge in [0.05, 0.1) is 31.7 Å². The average Bonchev–Trinajstić information content (AvgIpc) is 3.26. The molecule has 0 saturated heterocycles. The number of fused-ring (bicyclic) bond motifs is 2. The van der Waals surface area contributed by atoms with E-state index in [0.717, 1.165) is 40.8 Å². The first-order valence-electron chi connectivity index (χ1n) is 12.1. The Kier molecular flexibility index (Phi) is 6.89. The van der Waals surface area contributed by atoms with Gasteiger partial charge in [0.15, 0.2) is 11.5 Å². The number of benzene rings is 3. The van der Waals surface area contributed by atoms with Crippen molar-refractivity contribution in [3.63, 3.8) is 0 Å². The second-order valence-electron chi connectivity index (χ2n) is 8.87. The Bertz CT molecular complexity index is 1480. The van der Waals surface area contributed by atoms with Crippen LogP contribution in [0.3, 0.4) is 0 Å². The molecule has 0 bridgehead atoms. The molecule has 188 valence electrons. The van der Waals surface area contributed by atoms with Crippen molar-refractivity contribution < 1.29 is 19.1 Å². The summed E-state index contributed by atoms with van der Waals surface area (Å²) in [5.41, 5.74) is 5.26.